The van der Waals surface area contributed by atoms with Gasteiger partial charge >= 0.3 is 6.09 Å². The summed E-state index contributed by atoms with van der Waals surface area (Å²) in [6, 6.07) is 15.5. The molecule has 2 heterocycles. The van der Waals surface area contributed by atoms with Crippen LogP contribution in [0.1, 0.15) is 56.9 Å². The molecule has 35 heavy (non-hydrogen) atoms. The van der Waals surface area contributed by atoms with Crippen molar-refractivity contribution in [2.45, 2.75) is 70.7 Å². The van der Waals surface area contributed by atoms with E-state index in [1.54, 1.807) is 0 Å². The van der Waals surface area contributed by atoms with Crippen LogP contribution in [0.15, 0.2) is 54.7 Å². The van der Waals surface area contributed by atoms with Crippen molar-refractivity contribution in [3.63, 3.8) is 0 Å². The molecule has 1 saturated carbocycles. The molecule has 1 aromatic heterocycles. The van der Waals surface area contributed by atoms with E-state index in [0.717, 1.165) is 53.8 Å². The number of hydrogen-bond acceptors (Lipinski definition) is 5. The number of carbonyl (C=O) groups excluding carboxylic acids is 1. The maximum absolute atomic E-state index is 13.0. The molecular formula is C28H30ClN3O3. The zero-order chi connectivity index (χ0) is 24.6. The summed E-state index contributed by atoms with van der Waals surface area (Å²) >= 11 is 5.94. The fourth-order valence-corrected chi connectivity index (χ4v) is 4.79. The molecule has 0 unspecified atom stereocenters. The Morgan fingerprint density at radius 2 is 1.80 bits per heavy atom. The van der Waals surface area contributed by atoms with Crippen LogP contribution in [-0.4, -0.2) is 32.1 Å². The minimum atomic E-state index is -0.520. The van der Waals surface area contributed by atoms with Crippen molar-refractivity contribution in [3.8, 4) is 17.1 Å². The van der Waals surface area contributed by atoms with Gasteiger partial charge in [0.05, 0.1) is 17.8 Å². The van der Waals surface area contributed by atoms with Crippen LogP contribution in [0, 0.1) is 0 Å². The monoisotopic (exact) mass is 491 g/mol. The lowest BCUT2D eigenvalue weighted by molar-refractivity contribution is -0.0361. The van der Waals surface area contributed by atoms with Gasteiger partial charge in [-0.05, 0) is 82.0 Å². The first-order chi connectivity index (χ1) is 16.7. The number of amides is 1. The summed E-state index contributed by atoms with van der Waals surface area (Å²) in [5.41, 5.74) is 3.29. The van der Waals surface area contributed by atoms with E-state index >= 15 is 0 Å². The summed E-state index contributed by atoms with van der Waals surface area (Å²) in [7, 11) is 0. The van der Waals surface area contributed by atoms with E-state index in [1.165, 1.54) is 0 Å². The van der Waals surface area contributed by atoms with Crippen LogP contribution in [-0.2, 0) is 24.3 Å². The Bertz CT molecular complexity index is 1220. The first-order valence-electron chi connectivity index (χ1n) is 12.0. The summed E-state index contributed by atoms with van der Waals surface area (Å²) in [5.74, 6) is 1.47. The quantitative estimate of drug-likeness (QED) is 0.411. The SMILES string of the molecule is CC(C)(C)OC(=O)N1Cc2cnc(-c3ccc(OCc4ccc(Cl)cc4)cc3)nc2CC12CCC2. The molecule has 1 fully saturated rings. The molecule has 0 atom stereocenters. The molecule has 0 bridgehead atoms. The maximum atomic E-state index is 13.0. The van der Waals surface area contributed by atoms with E-state index in [1.807, 2.05) is 80.4 Å². The molecule has 6 nitrogen and oxygen atoms in total. The predicted molar refractivity (Wildman–Crippen MR) is 135 cm³/mol. The van der Waals surface area contributed by atoms with Crippen LogP contribution in [0.25, 0.3) is 11.4 Å². The molecule has 1 aliphatic carbocycles. The van der Waals surface area contributed by atoms with Crippen molar-refractivity contribution in [2.75, 3.05) is 0 Å². The number of benzene rings is 2. The molecule has 5 rings (SSSR count). The summed E-state index contributed by atoms with van der Waals surface area (Å²) in [6.45, 7) is 6.67. The largest absolute Gasteiger partial charge is 0.489 e. The summed E-state index contributed by atoms with van der Waals surface area (Å²) in [4.78, 5) is 24.4. The average Bonchev–Trinajstić information content (AvgIpc) is 2.80. The third-order valence-electron chi connectivity index (χ3n) is 6.68. The Kier molecular flexibility index (Phi) is 6.18. The van der Waals surface area contributed by atoms with Gasteiger partial charge in [0.25, 0.3) is 0 Å². The molecule has 7 heteroatoms. The zero-order valence-corrected chi connectivity index (χ0v) is 21.1. The lowest BCUT2D eigenvalue weighted by Crippen LogP contribution is -2.60. The minimum absolute atomic E-state index is 0.194. The van der Waals surface area contributed by atoms with Gasteiger partial charge in [0.15, 0.2) is 5.82 Å². The number of fused-ring (bicyclic) bond motifs is 1. The molecule has 0 saturated heterocycles. The number of halogens is 1. The topological polar surface area (TPSA) is 64.5 Å². The Hall–Kier alpha value is -3.12. The predicted octanol–water partition coefficient (Wildman–Crippen LogP) is 6.59. The van der Waals surface area contributed by atoms with Crippen molar-refractivity contribution >= 4 is 17.7 Å². The van der Waals surface area contributed by atoms with Crippen LogP contribution >= 0.6 is 11.6 Å². The normalized spacial score (nSPS) is 16.4. The highest BCUT2D eigenvalue weighted by atomic mass is 35.5. The van der Waals surface area contributed by atoms with Crippen molar-refractivity contribution < 1.29 is 14.3 Å². The first-order valence-corrected chi connectivity index (χ1v) is 12.4. The van der Waals surface area contributed by atoms with Gasteiger partial charge in [0.1, 0.15) is 18.0 Å². The average molecular weight is 492 g/mol. The van der Waals surface area contributed by atoms with E-state index in [-0.39, 0.29) is 11.6 Å². The molecule has 0 N–H and O–H groups in total. The van der Waals surface area contributed by atoms with Gasteiger partial charge in [-0.15, -0.1) is 0 Å². The number of ether oxygens (including phenoxy) is 2. The van der Waals surface area contributed by atoms with Crippen molar-refractivity contribution in [1.29, 1.82) is 0 Å². The molecule has 1 amide bonds. The second-order valence-corrected chi connectivity index (χ2v) is 10.9. The smallest absolute Gasteiger partial charge is 0.411 e. The van der Waals surface area contributed by atoms with Gasteiger partial charge < -0.3 is 9.47 Å². The van der Waals surface area contributed by atoms with Crippen LogP contribution in [0.4, 0.5) is 4.79 Å². The van der Waals surface area contributed by atoms with E-state index in [9.17, 15) is 4.79 Å². The van der Waals surface area contributed by atoms with Gasteiger partial charge in [-0.1, -0.05) is 23.7 Å². The van der Waals surface area contributed by atoms with Crippen molar-refractivity contribution in [3.05, 3.63) is 76.6 Å². The van der Waals surface area contributed by atoms with Gasteiger partial charge in [0, 0.05) is 28.8 Å². The van der Waals surface area contributed by atoms with E-state index in [4.69, 9.17) is 26.1 Å². The summed E-state index contributed by atoms with van der Waals surface area (Å²) in [6.07, 6.45) is 5.41. The molecule has 2 aromatic carbocycles. The lowest BCUT2D eigenvalue weighted by atomic mass is 9.70. The number of rotatable bonds is 4. The second-order valence-electron chi connectivity index (χ2n) is 10.4. The van der Waals surface area contributed by atoms with Gasteiger partial charge in [-0.3, -0.25) is 4.90 Å². The third kappa shape index (κ3) is 5.13. The minimum Gasteiger partial charge on any atom is -0.489 e. The standard InChI is InChI=1S/C28H30ClN3O3/c1-27(2,3)35-26(33)32-17-21-16-30-25(31-24(21)15-28(32)13-4-14-28)20-7-11-23(12-8-20)34-18-19-5-9-22(29)10-6-19/h5-12,16H,4,13-15,17-18H2,1-3H3. The molecule has 1 aliphatic heterocycles. The molecule has 1 spiro atoms. The molecule has 182 valence electrons. The third-order valence-corrected chi connectivity index (χ3v) is 6.93. The Morgan fingerprint density at radius 1 is 1.09 bits per heavy atom. The fraction of sp³-hybridized carbons (Fsp3) is 0.393. The molecule has 0 radical (unpaired) electrons. The second kappa shape index (κ2) is 9.15. The zero-order valence-electron chi connectivity index (χ0n) is 20.4. The summed E-state index contributed by atoms with van der Waals surface area (Å²) in [5, 5.41) is 0.712. The first kappa shape index (κ1) is 23.6. The van der Waals surface area contributed by atoms with Gasteiger partial charge in [-0.25, -0.2) is 14.8 Å². The van der Waals surface area contributed by atoms with Crippen molar-refractivity contribution in [2.24, 2.45) is 0 Å². The number of aromatic nitrogens is 2. The number of carbonyl (C=O) groups is 1. The van der Waals surface area contributed by atoms with E-state index in [2.05, 4.69) is 4.98 Å². The molecule has 3 aromatic rings. The summed E-state index contributed by atoms with van der Waals surface area (Å²) < 4.78 is 11.6. The van der Waals surface area contributed by atoms with Crippen LogP contribution in [0.2, 0.25) is 5.02 Å². The highest BCUT2D eigenvalue weighted by molar-refractivity contribution is 6.30. The molecular weight excluding hydrogens is 462 g/mol. The highest BCUT2D eigenvalue weighted by Crippen LogP contribution is 2.45. The molecule has 2 aliphatic rings. The van der Waals surface area contributed by atoms with E-state index in [0.29, 0.717) is 24.0 Å². The van der Waals surface area contributed by atoms with Crippen LogP contribution in [0.5, 0.6) is 5.75 Å². The van der Waals surface area contributed by atoms with Gasteiger partial charge in [-0.2, -0.15) is 0 Å². The fourth-order valence-electron chi connectivity index (χ4n) is 4.67. The Morgan fingerprint density at radius 3 is 2.43 bits per heavy atom. The van der Waals surface area contributed by atoms with Gasteiger partial charge in [0.2, 0.25) is 0 Å². The van der Waals surface area contributed by atoms with E-state index < -0.39 is 5.60 Å². The maximum Gasteiger partial charge on any atom is 0.411 e. The lowest BCUT2D eigenvalue weighted by Gasteiger charge is -2.52. The van der Waals surface area contributed by atoms with Crippen molar-refractivity contribution in [1.82, 2.24) is 14.9 Å². The Balaban J connectivity index is 1.30. The number of hydrogen-bond donors (Lipinski definition) is 0. The Labute approximate surface area is 211 Å². The number of nitrogens with zero attached hydrogens (tertiary/aromatic N) is 3. The van der Waals surface area contributed by atoms with Crippen LogP contribution in [0.3, 0.4) is 0 Å². The van der Waals surface area contributed by atoms with Crippen LogP contribution < -0.4 is 4.74 Å². The highest BCUT2D eigenvalue weighted by Gasteiger charge is 2.49.